The van der Waals surface area contributed by atoms with Crippen LogP contribution in [0.5, 0.6) is 0 Å². The molecule has 0 aliphatic rings. The minimum Gasteiger partial charge on any atom is -0.339 e. The second-order valence-corrected chi connectivity index (χ2v) is 9.36. The Morgan fingerprint density at radius 3 is 2.46 bits per heavy atom. The van der Waals surface area contributed by atoms with E-state index in [1.165, 1.54) is 0 Å². The number of para-hydroxylation sites is 2. The first-order chi connectivity index (χ1) is 6.07. The standard InChI is InChI=1S/C8H5Br3N2/c9-8(10,11)7-12-5-3-1-2-4-6(5)13-7/h1-4H,(H,12,13). The summed E-state index contributed by atoms with van der Waals surface area (Å²) >= 11 is 10.2. The molecule has 5 heteroatoms. The van der Waals surface area contributed by atoms with Gasteiger partial charge in [0.05, 0.1) is 11.0 Å². The van der Waals surface area contributed by atoms with Crippen molar-refractivity contribution < 1.29 is 0 Å². The fourth-order valence-electron chi connectivity index (χ4n) is 1.09. The number of halogens is 3. The van der Waals surface area contributed by atoms with E-state index in [0.29, 0.717) is 0 Å². The molecule has 0 saturated heterocycles. The van der Waals surface area contributed by atoms with Crippen LogP contribution in [-0.2, 0) is 2.14 Å². The Balaban J connectivity index is 2.63. The zero-order valence-corrected chi connectivity index (χ0v) is 11.1. The number of alkyl halides is 3. The van der Waals surface area contributed by atoms with Crippen molar-refractivity contribution in [1.82, 2.24) is 9.97 Å². The molecule has 1 heterocycles. The number of benzene rings is 1. The van der Waals surface area contributed by atoms with Crippen LogP contribution in [-0.4, -0.2) is 9.97 Å². The quantitative estimate of drug-likeness (QED) is 0.703. The molecule has 0 unspecified atom stereocenters. The van der Waals surface area contributed by atoms with Gasteiger partial charge in [-0.25, -0.2) is 4.98 Å². The topological polar surface area (TPSA) is 28.7 Å². The zero-order valence-electron chi connectivity index (χ0n) is 6.39. The highest BCUT2D eigenvalue weighted by molar-refractivity contribution is 9.38. The third-order valence-electron chi connectivity index (χ3n) is 1.66. The smallest absolute Gasteiger partial charge is 0.192 e. The molecule has 0 saturated carbocycles. The molecule has 0 bridgehead atoms. The van der Waals surface area contributed by atoms with E-state index in [0.717, 1.165) is 16.9 Å². The number of nitrogens with one attached hydrogen (secondary N) is 1. The highest BCUT2D eigenvalue weighted by Gasteiger charge is 2.24. The average Bonchev–Trinajstić information content (AvgIpc) is 2.45. The summed E-state index contributed by atoms with van der Waals surface area (Å²) in [5, 5.41) is 0. The first kappa shape index (κ1) is 9.68. The summed E-state index contributed by atoms with van der Waals surface area (Å²) in [4.78, 5) is 7.57. The predicted molar refractivity (Wildman–Crippen MR) is 64.6 cm³/mol. The Morgan fingerprint density at radius 2 is 1.85 bits per heavy atom. The molecule has 13 heavy (non-hydrogen) atoms. The van der Waals surface area contributed by atoms with E-state index in [2.05, 4.69) is 57.8 Å². The van der Waals surface area contributed by atoms with Crippen molar-refractivity contribution in [3.05, 3.63) is 30.1 Å². The molecular weight excluding hydrogens is 364 g/mol. The monoisotopic (exact) mass is 366 g/mol. The van der Waals surface area contributed by atoms with Crippen LogP contribution in [0, 0.1) is 0 Å². The summed E-state index contributed by atoms with van der Waals surface area (Å²) in [6.07, 6.45) is 0. The van der Waals surface area contributed by atoms with Crippen molar-refractivity contribution in [2.75, 3.05) is 0 Å². The van der Waals surface area contributed by atoms with E-state index in [1.807, 2.05) is 24.3 Å². The summed E-state index contributed by atoms with van der Waals surface area (Å²) in [7, 11) is 0. The summed E-state index contributed by atoms with van der Waals surface area (Å²) in [6, 6.07) is 7.90. The third kappa shape index (κ3) is 1.97. The fraction of sp³-hybridized carbons (Fsp3) is 0.125. The van der Waals surface area contributed by atoms with Gasteiger partial charge in [0.25, 0.3) is 0 Å². The second-order valence-electron chi connectivity index (χ2n) is 2.60. The van der Waals surface area contributed by atoms with Crippen molar-refractivity contribution in [3.8, 4) is 0 Å². The normalized spacial score (nSPS) is 12.2. The first-order valence-electron chi connectivity index (χ1n) is 3.59. The molecular formula is C8H5Br3N2. The minimum absolute atomic E-state index is 0.466. The van der Waals surface area contributed by atoms with Crippen LogP contribution in [0.2, 0.25) is 0 Å². The summed E-state index contributed by atoms with van der Waals surface area (Å²) < 4.78 is -0.466. The van der Waals surface area contributed by atoms with Crippen molar-refractivity contribution in [1.29, 1.82) is 0 Å². The lowest BCUT2D eigenvalue weighted by Gasteiger charge is -2.06. The van der Waals surface area contributed by atoms with Gasteiger partial charge in [-0.1, -0.05) is 59.9 Å². The van der Waals surface area contributed by atoms with Gasteiger partial charge in [0.1, 0.15) is 5.82 Å². The lowest BCUT2D eigenvalue weighted by atomic mass is 10.3. The largest absolute Gasteiger partial charge is 0.339 e. The number of aromatic amines is 1. The second kappa shape index (κ2) is 3.37. The highest BCUT2D eigenvalue weighted by atomic mass is 80.0. The molecule has 1 aromatic carbocycles. The molecule has 0 spiro atoms. The van der Waals surface area contributed by atoms with E-state index in [1.54, 1.807) is 0 Å². The summed E-state index contributed by atoms with van der Waals surface area (Å²) in [5.41, 5.74) is 1.99. The Labute approximate surface area is 101 Å². The maximum Gasteiger partial charge on any atom is 0.192 e. The maximum absolute atomic E-state index is 4.39. The van der Waals surface area contributed by atoms with Gasteiger partial charge in [0.2, 0.25) is 0 Å². The van der Waals surface area contributed by atoms with E-state index in [9.17, 15) is 0 Å². The molecule has 0 radical (unpaired) electrons. The van der Waals surface area contributed by atoms with Crippen LogP contribution in [0.15, 0.2) is 24.3 Å². The molecule has 0 amide bonds. The zero-order chi connectivity index (χ0) is 9.47. The molecule has 0 fully saturated rings. The van der Waals surface area contributed by atoms with Crippen LogP contribution < -0.4 is 0 Å². The van der Waals surface area contributed by atoms with Gasteiger partial charge >= 0.3 is 0 Å². The van der Waals surface area contributed by atoms with E-state index >= 15 is 0 Å². The van der Waals surface area contributed by atoms with Gasteiger partial charge in [-0.3, -0.25) is 0 Å². The van der Waals surface area contributed by atoms with Crippen molar-refractivity contribution in [2.24, 2.45) is 0 Å². The van der Waals surface area contributed by atoms with Crippen LogP contribution in [0.1, 0.15) is 5.82 Å². The van der Waals surface area contributed by atoms with Gasteiger partial charge in [-0.2, -0.15) is 0 Å². The van der Waals surface area contributed by atoms with Crippen LogP contribution in [0.3, 0.4) is 0 Å². The van der Waals surface area contributed by atoms with Crippen molar-refractivity contribution in [3.63, 3.8) is 0 Å². The number of aromatic nitrogens is 2. The number of nitrogens with zero attached hydrogens (tertiary/aromatic N) is 1. The number of fused-ring (bicyclic) bond motifs is 1. The van der Waals surface area contributed by atoms with Gasteiger partial charge in [0, 0.05) is 0 Å². The number of imidazole rings is 1. The Morgan fingerprint density at radius 1 is 1.15 bits per heavy atom. The SMILES string of the molecule is BrC(Br)(Br)c1nc2ccccc2[nH]1. The van der Waals surface area contributed by atoms with Gasteiger partial charge < -0.3 is 4.98 Å². The molecule has 2 rings (SSSR count). The molecule has 0 atom stereocenters. The van der Waals surface area contributed by atoms with Crippen LogP contribution >= 0.6 is 47.8 Å². The molecule has 0 aliphatic carbocycles. The number of H-pyrrole nitrogens is 1. The third-order valence-corrected chi connectivity index (χ3v) is 2.78. The maximum atomic E-state index is 4.39. The molecule has 1 N–H and O–H groups in total. The number of rotatable bonds is 0. The molecule has 0 aliphatic heterocycles. The van der Waals surface area contributed by atoms with E-state index in [4.69, 9.17) is 0 Å². The van der Waals surface area contributed by atoms with Crippen LogP contribution in [0.4, 0.5) is 0 Å². The molecule has 1 aromatic heterocycles. The summed E-state index contributed by atoms with van der Waals surface area (Å²) in [5.74, 6) is 0.800. The lowest BCUT2D eigenvalue weighted by Crippen LogP contribution is -1.99. The van der Waals surface area contributed by atoms with Gasteiger partial charge in [-0.15, -0.1) is 0 Å². The Hall–Kier alpha value is 0.130. The number of hydrogen-bond donors (Lipinski definition) is 1. The average molecular weight is 369 g/mol. The van der Waals surface area contributed by atoms with Crippen molar-refractivity contribution >= 4 is 58.8 Å². The van der Waals surface area contributed by atoms with E-state index in [-0.39, 0.29) is 0 Å². The summed E-state index contributed by atoms with van der Waals surface area (Å²) in [6.45, 7) is 0. The molecule has 2 nitrogen and oxygen atoms in total. The van der Waals surface area contributed by atoms with Crippen LogP contribution in [0.25, 0.3) is 11.0 Å². The minimum atomic E-state index is -0.466. The first-order valence-corrected chi connectivity index (χ1v) is 5.97. The Bertz CT molecular complexity index is 397. The van der Waals surface area contributed by atoms with Gasteiger partial charge in [-0.05, 0) is 12.1 Å². The molecule has 68 valence electrons. The lowest BCUT2D eigenvalue weighted by molar-refractivity contribution is 1.12. The highest BCUT2D eigenvalue weighted by Crippen LogP contribution is 2.43. The van der Waals surface area contributed by atoms with E-state index < -0.39 is 2.14 Å². The molecule has 2 aromatic rings. The predicted octanol–water partition coefficient (Wildman–Crippen LogP) is 3.86. The fourth-order valence-corrected chi connectivity index (χ4v) is 1.65. The van der Waals surface area contributed by atoms with Gasteiger partial charge in [0.15, 0.2) is 2.14 Å². The Kier molecular flexibility index (Phi) is 2.51. The number of hydrogen-bond acceptors (Lipinski definition) is 1. The van der Waals surface area contributed by atoms with Crippen molar-refractivity contribution in [2.45, 2.75) is 2.14 Å².